The summed E-state index contributed by atoms with van der Waals surface area (Å²) in [5.41, 5.74) is 1.70. The van der Waals surface area contributed by atoms with Crippen LogP contribution in [0, 0.1) is 5.92 Å². The van der Waals surface area contributed by atoms with Crippen LogP contribution in [0.2, 0.25) is 0 Å². The third kappa shape index (κ3) is 3.13. The minimum absolute atomic E-state index is 0.0348. The lowest BCUT2D eigenvalue weighted by Crippen LogP contribution is -2.57. The summed E-state index contributed by atoms with van der Waals surface area (Å²) >= 11 is 0. The number of ether oxygens (including phenoxy) is 6. The zero-order chi connectivity index (χ0) is 22.5. The third-order valence-corrected chi connectivity index (χ3v) is 7.28. The summed E-state index contributed by atoms with van der Waals surface area (Å²) in [6.07, 6.45) is 2.38. The summed E-state index contributed by atoms with van der Waals surface area (Å²) in [4.78, 5) is 2.47. The van der Waals surface area contributed by atoms with Crippen molar-refractivity contribution < 1.29 is 28.4 Å². The zero-order valence-electron chi connectivity index (χ0n) is 19.4. The molecule has 3 aliphatic heterocycles. The van der Waals surface area contributed by atoms with Crippen LogP contribution in [0.5, 0.6) is 34.5 Å². The van der Waals surface area contributed by atoms with Gasteiger partial charge in [-0.3, -0.25) is 4.90 Å². The van der Waals surface area contributed by atoms with Crippen molar-refractivity contribution in [2.24, 2.45) is 5.92 Å². The molecule has 0 unspecified atom stereocenters. The van der Waals surface area contributed by atoms with E-state index in [1.807, 2.05) is 18.2 Å². The summed E-state index contributed by atoms with van der Waals surface area (Å²) in [5, 5.41) is 0. The molecular weight excluding hydrogens is 410 g/mol. The normalized spacial score (nSPS) is 26.4. The first kappa shape index (κ1) is 21.1. The van der Waals surface area contributed by atoms with Crippen molar-refractivity contribution in [3.63, 3.8) is 0 Å². The zero-order valence-corrected chi connectivity index (χ0v) is 19.4. The Labute approximate surface area is 189 Å². The van der Waals surface area contributed by atoms with Crippen LogP contribution in [-0.4, -0.2) is 51.8 Å². The van der Waals surface area contributed by atoms with Gasteiger partial charge in [-0.25, -0.2) is 0 Å². The van der Waals surface area contributed by atoms with Crippen LogP contribution >= 0.6 is 0 Å². The molecule has 0 radical (unpaired) electrons. The Morgan fingerprint density at radius 1 is 0.875 bits per heavy atom. The number of likely N-dealkylation sites (tertiary alicyclic amines) is 1. The fraction of sp³-hybridized carbons (Fsp3) is 0.520. The van der Waals surface area contributed by atoms with E-state index in [1.54, 1.807) is 21.3 Å². The van der Waals surface area contributed by atoms with Crippen molar-refractivity contribution in [3.05, 3.63) is 35.4 Å². The molecule has 7 heteroatoms. The Morgan fingerprint density at radius 3 is 2.09 bits per heavy atom. The maximum Gasteiger partial charge on any atom is 0.231 e. The van der Waals surface area contributed by atoms with Crippen molar-refractivity contribution in [2.45, 2.75) is 38.3 Å². The highest BCUT2D eigenvalue weighted by Crippen LogP contribution is 2.54. The van der Waals surface area contributed by atoms with E-state index >= 15 is 0 Å². The second-order valence-electron chi connectivity index (χ2n) is 8.82. The monoisotopic (exact) mass is 441 g/mol. The highest BCUT2D eigenvalue weighted by Gasteiger charge is 2.50. The van der Waals surface area contributed by atoms with Gasteiger partial charge in [-0.15, -0.1) is 0 Å². The molecule has 2 aromatic carbocycles. The molecule has 0 amide bonds. The molecule has 32 heavy (non-hydrogen) atoms. The molecule has 3 atom stereocenters. The van der Waals surface area contributed by atoms with Crippen LogP contribution in [0.3, 0.4) is 0 Å². The highest BCUT2D eigenvalue weighted by molar-refractivity contribution is 5.60. The Hall–Kier alpha value is -2.80. The van der Waals surface area contributed by atoms with E-state index in [9.17, 15) is 0 Å². The van der Waals surface area contributed by atoms with E-state index in [0.717, 1.165) is 41.5 Å². The standard InChI is InChI=1S/C25H31NO6/c1-15-23(16-10-21(27-3)24(29-5)22(11-16)28-4)17-12-19-20(31-14-30-19)13-18(17)32-25(15,2)26-8-6-7-9-26/h10-13,15,23H,6-9,14H2,1-5H3/t15-,23+,25+/m0/s1. The van der Waals surface area contributed by atoms with E-state index in [2.05, 4.69) is 24.8 Å². The summed E-state index contributed by atoms with van der Waals surface area (Å²) < 4.78 is 35.0. The van der Waals surface area contributed by atoms with Crippen LogP contribution in [0.4, 0.5) is 0 Å². The molecule has 0 aromatic heterocycles. The van der Waals surface area contributed by atoms with E-state index in [4.69, 9.17) is 28.4 Å². The van der Waals surface area contributed by atoms with Crippen LogP contribution in [0.15, 0.2) is 24.3 Å². The van der Waals surface area contributed by atoms with Crippen LogP contribution in [0.25, 0.3) is 0 Å². The lowest BCUT2D eigenvalue weighted by Gasteiger charge is -2.50. The smallest absolute Gasteiger partial charge is 0.231 e. The van der Waals surface area contributed by atoms with Gasteiger partial charge < -0.3 is 28.4 Å². The molecule has 0 spiro atoms. The average Bonchev–Trinajstić information content (AvgIpc) is 3.50. The lowest BCUT2D eigenvalue weighted by atomic mass is 9.73. The summed E-state index contributed by atoms with van der Waals surface area (Å²) in [6.45, 7) is 6.76. The molecule has 1 saturated heterocycles. The van der Waals surface area contributed by atoms with E-state index in [0.29, 0.717) is 17.2 Å². The fourth-order valence-corrected chi connectivity index (χ4v) is 5.43. The van der Waals surface area contributed by atoms with E-state index in [1.165, 1.54) is 12.8 Å². The molecule has 0 bridgehead atoms. The molecule has 3 aliphatic rings. The molecule has 0 N–H and O–H groups in total. The first-order valence-electron chi connectivity index (χ1n) is 11.2. The summed E-state index contributed by atoms with van der Waals surface area (Å²) in [6, 6.07) is 8.13. The van der Waals surface area contributed by atoms with Gasteiger partial charge in [0.1, 0.15) is 5.75 Å². The molecule has 0 saturated carbocycles. The van der Waals surface area contributed by atoms with E-state index in [-0.39, 0.29) is 18.6 Å². The van der Waals surface area contributed by atoms with Crippen LogP contribution < -0.4 is 28.4 Å². The third-order valence-electron chi connectivity index (χ3n) is 7.28. The van der Waals surface area contributed by atoms with Crippen molar-refractivity contribution in [3.8, 4) is 34.5 Å². The molecule has 1 fully saturated rings. The van der Waals surface area contributed by atoms with Gasteiger partial charge in [0, 0.05) is 36.6 Å². The number of rotatable bonds is 5. The molecule has 2 aromatic rings. The topological polar surface area (TPSA) is 58.6 Å². The minimum Gasteiger partial charge on any atom is -0.493 e. The lowest BCUT2D eigenvalue weighted by molar-refractivity contribution is -0.114. The summed E-state index contributed by atoms with van der Waals surface area (Å²) in [5.74, 6) is 4.37. The molecule has 7 nitrogen and oxygen atoms in total. The summed E-state index contributed by atoms with van der Waals surface area (Å²) in [7, 11) is 4.92. The number of benzene rings is 2. The Balaban J connectivity index is 1.70. The van der Waals surface area contributed by atoms with Gasteiger partial charge in [-0.05, 0) is 43.5 Å². The Bertz CT molecular complexity index is 993. The quantitative estimate of drug-likeness (QED) is 0.681. The second-order valence-corrected chi connectivity index (χ2v) is 8.82. The van der Waals surface area contributed by atoms with Crippen LogP contribution in [-0.2, 0) is 0 Å². The van der Waals surface area contributed by atoms with Gasteiger partial charge in [0.25, 0.3) is 0 Å². The number of nitrogens with zero attached hydrogens (tertiary/aromatic N) is 1. The molecule has 172 valence electrons. The van der Waals surface area contributed by atoms with Crippen molar-refractivity contribution in [1.82, 2.24) is 4.90 Å². The first-order valence-corrected chi connectivity index (χ1v) is 11.2. The largest absolute Gasteiger partial charge is 0.493 e. The fourth-order valence-electron chi connectivity index (χ4n) is 5.43. The first-order chi connectivity index (χ1) is 15.5. The highest BCUT2D eigenvalue weighted by atomic mass is 16.7. The molecule has 5 rings (SSSR count). The Morgan fingerprint density at radius 2 is 1.50 bits per heavy atom. The second kappa shape index (κ2) is 7.96. The molecular formula is C25H31NO6. The maximum atomic E-state index is 6.75. The Kier molecular flexibility index (Phi) is 5.24. The van der Waals surface area contributed by atoms with E-state index < -0.39 is 5.72 Å². The number of methoxy groups -OCH3 is 3. The maximum absolute atomic E-state index is 6.75. The van der Waals surface area contributed by atoms with Crippen LogP contribution in [0.1, 0.15) is 43.7 Å². The van der Waals surface area contributed by atoms with Crippen molar-refractivity contribution in [2.75, 3.05) is 41.2 Å². The van der Waals surface area contributed by atoms with Gasteiger partial charge in [0.15, 0.2) is 28.7 Å². The van der Waals surface area contributed by atoms with Gasteiger partial charge in [-0.2, -0.15) is 0 Å². The predicted molar refractivity (Wildman–Crippen MR) is 120 cm³/mol. The van der Waals surface area contributed by atoms with Gasteiger partial charge in [0.05, 0.1) is 21.3 Å². The molecule has 3 heterocycles. The van der Waals surface area contributed by atoms with Gasteiger partial charge in [-0.1, -0.05) is 6.92 Å². The van der Waals surface area contributed by atoms with Gasteiger partial charge in [0.2, 0.25) is 12.5 Å². The predicted octanol–water partition coefficient (Wildman–Crippen LogP) is 4.41. The van der Waals surface area contributed by atoms with Gasteiger partial charge >= 0.3 is 0 Å². The number of hydrogen-bond acceptors (Lipinski definition) is 7. The minimum atomic E-state index is -0.456. The SMILES string of the molecule is COc1cc([C@@H]2c3cc4c(cc3O[C@@](C)(N3CCCC3)[C@H]2C)OCO4)cc(OC)c1OC. The van der Waals surface area contributed by atoms with Crippen molar-refractivity contribution in [1.29, 1.82) is 0 Å². The molecule has 0 aliphatic carbocycles. The number of fused-ring (bicyclic) bond motifs is 2. The average molecular weight is 442 g/mol. The van der Waals surface area contributed by atoms with Crippen molar-refractivity contribution >= 4 is 0 Å². The number of hydrogen-bond donors (Lipinski definition) is 0.